The Morgan fingerprint density at radius 3 is 2.90 bits per heavy atom. The van der Waals surface area contributed by atoms with E-state index in [1.807, 2.05) is 28.9 Å². The van der Waals surface area contributed by atoms with Crippen LogP contribution in [0.5, 0.6) is 5.75 Å². The van der Waals surface area contributed by atoms with Crippen LogP contribution < -0.4 is 4.74 Å². The lowest BCUT2D eigenvalue weighted by Crippen LogP contribution is -2.12. The van der Waals surface area contributed by atoms with Crippen LogP contribution in [0.25, 0.3) is 0 Å². The van der Waals surface area contributed by atoms with E-state index in [4.69, 9.17) is 16.3 Å². The third-order valence-corrected chi connectivity index (χ3v) is 2.90. The van der Waals surface area contributed by atoms with Gasteiger partial charge >= 0.3 is 0 Å². The van der Waals surface area contributed by atoms with Crippen molar-refractivity contribution in [3.8, 4) is 17.6 Å². The fourth-order valence-electron chi connectivity index (χ4n) is 1.86. The Hall–Kier alpha value is -1.99. The van der Waals surface area contributed by atoms with Crippen LogP contribution in [0.2, 0.25) is 0 Å². The van der Waals surface area contributed by atoms with Gasteiger partial charge in [-0.15, -0.1) is 11.6 Å². The first-order chi connectivity index (χ1) is 10.2. The summed E-state index contributed by atoms with van der Waals surface area (Å²) < 4.78 is 7.70. The molecule has 1 aromatic heterocycles. The van der Waals surface area contributed by atoms with Crippen LogP contribution in [-0.2, 0) is 13.2 Å². The molecule has 0 amide bonds. The van der Waals surface area contributed by atoms with E-state index in [2.05, 4.69) is 35.8 Å². The number of hydrogen-bond acceptors (Lipinski definition) is 3. The van der Waals surface area contributed by atoms with Gasteiger partial charge in [0.05, 0.1) is 11.4 Å². The van der Waals surface area contributed by atoms with Gasteiger partial charge in [-0.2, -0.15) is 5.10 Å². The highest BCUT2D eigenvalue weighted by Crippen LogP contribution is 2.18. The van der Waals surface area contributed by atoms with E-state index in [-0.39, 0.29) is 0 Å². The zero-order valence-electron chi connectivity index (χ0n) is 12.2. The average Bonchev–Trinajstić information content (AvgIpc) is 2.90. The van der Waals surface area contributed by atoms with E-state index in [9.17, 15) is 0 Å². The molecule has 0 saturated carbocycles. The number of alkyl halides is 1. The molecule has 0 unspecified atom stereocenters. The minimum Gasteiger partial charge on any atom is -0.484 e. The molecule has 0 aliphatic carbocycles. The van der Waals surface area contributed by atoms with Gasteiger partial charge in [0, 0.05) is 6.54 Å². The first-order valence-corrected chi connectivity index (χ1v) is 7.37. The summed E-state index contributed by atoms with van der Waals surface area (Å²) in [6.07, 6.45) is 1.56. The number of hydrogen-bond donors (Lipinski definition) is 0. The molecule has 1 aromatic carbocycles. The molecule has 0 aliphatic rings. The van der Waals surface area contributed by atoms with Crippen LogP contribution in [-0.4, -0.2) is 20.6 Å². The summed E-state index contributed by atoms with van der Waals surface area (Å²) in [5, 5.41) is 4.22. The largest absolute Gasteiger partial charge is 0.484 e. The van der Waals surface area contributed by atoms with Crippen molar-refractivity contribution < 1.29 is 4.74 Å². The first kappa shape index (κ1) is 15.4. The summed E-state index contributed by atoms with van der Waals surface area (Å²) in [5.74, 6) is 8.18. The lowest BCUT2D eigenvalue weighted by atomic mass is 10.2. The maximum Gasteiger partial charge on any atom is 0.164 e. The molecule has 0 fully saturated rings. The van der Waals surface area contributed by atoms with Crippen molar-refractivity contribution in [3.63, 3.8) is 0 Å². The van der Waals surface area contributed by atoms with Crippen molar-refractivity contribution in [2.24, 2.45) is 5.92 Å². The minimum atomic E-state index is 0.303. The Bertz CT molecular complexity index is 640. The number of rotatable bonds is 5. The van der Waals surface area contributed by atoms with E-state index in [1.54, 1.807) is 6.33 Å². The zero-order valence-corrected chi connectivity index (χ0v) is 13.0. The normalized spacial score (nSPS) is 10.3. The van der Waals surface area contributed by atoms with Crippen LogP contribution in [0, 0.1) is 17.8 Å². The molecule has 5 heteroatoms. The third-order valence-electron chi connectivity index (χ3n) is 2.77. The van der Waals surface area contributed by atoms with E-state index in [0.29, 0.717) is 18.4 Å². The number of benzene rings is 1. The standard InChI is InChI=1S/C16H18ClN3O/c1-13(2)10-20-16(18-12-19-20)11-21-15-8-4-3-6-14(15)7-5-9-17/h3-4,6,8,12-13H,9-11H2,1-2H3. The van der Waals surface area contributed by atoms with E-state index in [1.165, 1.54) is 0 Å². The van der Waals surface area contributed by atoms with Gasteiger partial charge in [0.15, 0.2) is 5.82 Å². The maximum atomic E-state index is 5.83. The fraction of sp³-hybridized carbons (Fsp3) is 0.375. The maximum absolute atomic E-state index is 5.83. The molecular formula is C16H18ClN3O. The van der Waals surface area contributed by atoms with Gasteiger partial charge in [0.25, 0.3) is 0 Å². The van der Waals surface area contributed by atoms with Gasteiger partial charge in [0.1, 0.15) is 18.7 Å². The molecule has 0 bridgehead atoms. The summed E-state index contributed by atoms with van der Waals surface area (Å²) in [6.45, 7) is 5.48. The molecule has 0 aliphatic heterocycles. The van der Waals surface area contributed by atoms with Crippen molar-refractivity contribution in [2.75, 3.05) is 5.88 Å². The molecule has 21 heavy (non-hydrogen) atoms. The molecule has 110 valence electrons. The lowest BCUT2D eigenvalue weighted by Gasteiger charge is -2.10. The Kier molecular flexibility index (Phi) is 5.65. The van der Waals surface area contributed by atoms with Crippen molar-refractivity contribution in [1.29, 1.82) is 0 Å². The predicted octanol–water partition coefficient (Wildman–Crippen LogP) is 3.10. The minimum absolute atomic E-state index is 0.303. The second-order valence-corrected chi connectivity index (χ2v) is 5.24. The zero-order chi connectivity index (χ0) is 15.1. The van der Waals surface area contributed by atoms with E-state index >= 15 is 0 Å². The second-order valence-electron chi connectivity index (χ2n) is 4.97. The summed E-state index contributed by atoms with van der Waals surface area (Å²) in [7, 11) is 0. The SMILES string of the molecule is CC(C)Cn1ncnc1COc1ccccc1C#CCCl. The molecule has 0 radical (unpaired) electrons. The number of nitrogens with zero attached hydrogens (tertiary/aromatic N) is 3. The third kappa shape index (κ3) is 4.51. The summed E-state index contributed by atoms with van der Waals surface area (Å²) in [4.78, 5) is 4.25. The Morgan fingerprint density at radius 2 is 2.14 bits per heavy atom. The highest BCUT2D eigenvalue weighted by molar-refractivity contribution is 6.19. The van der Waals surface area contributed by atoms with Gasteiger partial charge < -0.3 is 4.74 Å². The predicted molar refractivity (Wildman–Crippen MR) is 83.2 cm³/mol. The number of aromatic nitrogens is 3. The van der Waals surface area contributed by atoms with E-state index in [0.717, 1.165) is 23.7 Å². The highest BCUT2D eigenvalue weighted by Gasteiger charge is 2.08. The van der Waals surface area contributed by atoms with Crippen LogP contribution in [0.1, 0.15) is 25.2 Å². The van der Waals surface area contributed by atoms with Crippen molar-refractivity contribution in [1.82, 2.24) is 14.8 Å². The summed E-state index contributed by atoms with van der Waals surface area (Å²) in [5.41, 5.74) is 0.827. The summed E-state index contributed by atoms with van der Waals surface area (Å²) >= 11 is 5.60. The average molecular weight is 304 g/mol. The number of ether oxygens (including phenoxy) is 1. The smallest absolute Gasteiger partial charge is 0.164 e. The Labute approximate surface area is 130 Å². The second kappa shape index (κ2) is 7.70. The van der Waals surface area contributed by atoms with Crippen molar-refractivity contribution in [3.05, 3.63) is 42.0 Å². The Balaban J connectivity index is 2.08. The van der Waals surface area contributed by atoms with Crippen LogP contribution in [0.4, 0.5) is 0 Å². The van der Waals surface area contributed by atoms with E-state index < -0.39 is 0 Å². The van der Waals surface area contributed by atoms with Gasteiger partial charge in [0.2, 0.25) is 0 Å². The molecule has 0 atom stereocenters. The first-order valence-electron chi connectivity index (χ1n) is 6.84. The molecule has 0 saturated heterocycles. The Morgan fingerprint density at radius 1 is 1.33 bits per heavy atom. The molecule has 0 N–H and O–H groups in total. The van der Waals surface area contributed by atoms with Gasteiger partial charge in [-0.25, -0.2) is 9.67 Å². The van der Waals surface area contributed by atoms with Crippen LogP contribution >= 0.6 is 11.6 Å². The molecule has 1 heterocycles. The highest BCUT2D eigenvalue weighted by atomic mass is 35.5. The molecule has 0 spiro atoms. The lowest BCUT2D eigenvalue weighted by molar-refractivity contribution is 0.282. The molecule has 4 nitrogen and oxygen atoms in total. The van der Waals surface area contributed by atoms with Gasteiger partial charge in [-0.3, -0.25) is 0 Å². The molecule has 2 aromatic rings. The van der Waals surface area contributed by atoms with Gasteiger partial charge in [-0.1, -0.05) is 37.8 Å². The molecule has 2 rings (SSSR count). The quantitative estimate of drug-likeness (QED) is 0.629. The monoisotopic (exact) mass is 303 g/mol. The fourth-order valence-corrected chi connectivity index (χ4v) is 1.93. The van der Waals surface area contributed by atoms with Gasteiger partial charge in [-0.05, 0) is 18.1 Å². The summed E-state index contributed by atoms with van der Waals surface area (Å²) in [6, 6.07) is 7.64. The van der Waals surface area contributed by atoms with Crippen LogP contribution in [0.15, 0.2) is 30.6 Å². The van der Waals surface area contributed by atoms with Crippen LogP contribution in [0.3, 0.4) is 0 Å². The van der Waals surface area contributed by atoms with Crippen molar-refractivity contribution in [2.45, 2.75) is 27.0 Å². The number of para-hydroxylation sites is 1. The topological polar surface area (TPSA) is 39.9 Å². The molecular weight excluding hydrogens is 286 g/mol. The van der Waals surface area contributed by atoms with Crippen molar-refractivity contribution >= 4 is 11.6 Å². The number of halogens is 1.